The Bertz CT molecular complexity index is 1250. The Hall–Kier alpha value is -2.66. The first kappa shape index (κ1) is 23.5. The van der Waals surface area contributed by atoms with Crippen LogP contribution in [0.4, 0.5) is 14.6 Å². The molecule has 0 saturated heterocycles. The van der Waals surface area contributed by atoms with Gasteiger partial charge in [0.05, 0.1) is 16.3 Å². The number of nitrogens with zero attached hydrogens (tertiary/aromatic N) is 5. The molecule has 33 heavy (non-hydrogen) atoms. The standard InChI is InChI=1S/C21H19Cl2F2N5O3/c1-21(2,31)19(29-10-17(30(32)33)27-20(29)23)28-6-5-16-12(9-28)7-13(22)18(26-16)11-3-4-14(24)15(25)8-11/h3-4,7-8,10,19,31H,5-6,9H2,1-2H3/t19-/m0/s1. The van der Waals surface area contributed by atoms with Crippen molar-refractivity contribution in [3.05, 3.63) is 73.8 Å². The largest absolute Gasteiger partial charge is 0.387 e. The minimum absolute atomic E-state index is 0.121. The van der Waals surface area contributed by atoms with Crippen LogP contribution in [-0.4, -0.2) is 41.6 Å². The van der Waals surface area contributed by atoms with Crippen molar-refractivity contribution >= 4 is 29.0 Å². The number of benzene rings is 1. The number of imidazole rings is 1. The zero-order valence-corrected chi connectivity index (χ0v) is 19.1. The first-order valence-electron chi connectivity index (χ1n) is 9.94. The van der Waals surface area contributed by atoms with E-state index < -0.39 is 34.1 Å². The van der Waals surface area contributed by atoms with Gasteiger partial charge in [-0.15, -0.1) is 0 Å². The van der Waals surface area contributed by atoms with E-state index in [0.717, 1.165) is 23.4 Å². The quantitative estimate of drug-likeness (QED) is 0.402. The number of aliphatic hydroxyl groups is 1. The summed E-state index contributed by atoms with van der Waals surface area (Å²) >= 11 is 12.6. The molecule has 1 aliphatic rings. The van der Waals surface area contributed by atoms with E-state index in [0.29, 0.717) is 30.8 Å². The Morgan fingerprint density at radius 1 is 1.21 bits per heavy atom. The van der Waals surface area contributed by atoms with Crippen molar-refractivity contribution in [2.45, 2.75) is 38.6 Å². The van der Waals surface area contributed by atoms with E-state index in [9.17, 15) is 24.0 Å². The van der Waals surface area contributed by atoms with E-state index in [1.54, 1.807) is 19.9 Å². The summed E-state index contributed by atoms with van der Waals surface area (Å²) in [5, 5.41) is 22.1. The molecule has 1 atom stereocenters. The summed E-state index contributed by atoms with van der Waals surface area (Å²) in [6.07, 6.45) is 0.895. The molecule has 12 heteroatoms. The van der Waals surface area contributed by atoms with Gasteiger partial charge in [-0.3, -0.25) is 14.5 Å². The summed E-state index contributed by atoms with van der Waals surface area (Å²) < 4.78 is 28.4. The third-order valence-corrected chi connectivity index (χ3v) is 6.02. The lowest BCUT2D eigenvalue weighted by Gasteiger charge is -2.41. The van der Waals surface area contributed by atoms with Crippen LogP contribution >= 0.6 is 23.2 Å². The van der Waals surface area contributed by atoms with Crippen LogP contribution in [0.25, 0.3) is 11.3 Å². The maximum absolute atomic E-state index is 13.7. The number of nitro groups is 1. The van der Waals surface area contributed by atoms with Crippen LogP contribution in [0, 0.1) is 21.7 Å². The van der Waals surface area contributed by atoms with Crippen molar-refractivity contribution in [2.24, 2.45) is 0 Å². The summed E-state index contributed by atoms with van der Waals surface area (Å²) in [4.78, 5) is 20.7. The van der Waals surface area contributed by atoms with Crippen molar-refractivity contribution in [3.63, 3.8) is 0 Å². The van der Waals surface area contributed by atoms with Gasteiger partial charge in [0.15, 0.2) is 11.6 Å². The molecule has 0 saturated carbocycles. The second kappa shape index (κ2) is 8.60. The average molecular weight is 498 g/mol. The third kappa shape index (κ3) is 4.56. The van der Waals surface area contributed by atoms with Crippen LogP contribution in [0.2, 0.25) is 10.3 Å². The lowest BCUT2D eigenvalue weighted by molar-refractivity contribution is -0.389. The molecule has 8 nitrogen and oxygen atoms in total. The van der Waals surface area contributed by atoms with Crippen molar-refractivity contribution in [1.82, 2.24) is 19.4 Å². The highest BCUT2D eigenvalue weighted by Gasteiger charge is 2.39. The van der Waals surface area contributed by atoms with Gasteiger partial charge < -0.3 is 15.2 Å². The predicted octanol–water partition coefficient (Wildman–Crippen LogP) is 4.77. The Kier molecular flexibility index (Phi) is 6.12. The molecule has 4 rings (SSSR count). The van der Waals surface area contributed by atoms with Gasteiger partial charge in [0.1, 0.15) is 12.4 Å². The first-order chi connectivity index (χ1) is 15.5. The van der Waals surface area contributed by atoms with Gasteiger partial charge in [-0.05, 0) is 65.2 Å². The number of hydrogen-bond donors (Lipinski definition) is 1. The van der Waals surface area contributed by atoms with E-state index in [1.165, 1.54) is 16.8 Å². The van der Waals surface area contributed by atoms with E-state index in [1.807, 2.05) is 4.90 Å². The minimum Gasteiger partial charge on any atom is -0.387 e. The molecule has 3 aromatic rings. The molecule has 0 fully saturated rings. The second-order valence-electron chi connectivity index (χ2n) is 8.33. The number of pyridine rings is 1. The highest BCUT2D eigenvalue weighted by atomic mass is 35.5. The number of fused-ring (bicyclic) bond motifs is 1. The summed E-state index contributed by atoms with van der Waals surface area (Å²) in [5.41, 5.74) is 0.870. The number of hydrogen-bond acceptors (Lipinski definition) is 6. The molecule has 2 aromatic heterocycles. The van der Waals surface area contributed by atoms with Gasteiger partial charge >= 0.3 is 11.1 Å². The maximum Gasteiger partial charge on any atom is 0.383 e. The van der Waals surface area contributed by atoms with Crippen molar-refractivity contribution < 1.29 is 18.8 Å². The number of aromatic nitrogens is 3. The van der Waals surface area contributed by atoms with Crippen LogP contribution < -0.4 is 0 Å². The second-order valence-corrected chi connectivity index (χ2v) is 9.08. The van der Waals surface area contributed by atoms with E-state index >= 15 is 0 Å². The summed E-state index contributed by atoms with van der Waals surface area (Å²) in [6.45, 7) is 3.91. The summed E-state index contributed by atoms with van der Waals surface area (Å²) in [6, 6.07) is 5.17. The van der Waals surface area contributed by atoms with Crippen molar-refractivity contribution in [3.8, 4) is 11.3 Å². The van der Waals surface area contributed by atoms with Gasteiger partial charge in [-0.2, -0.15) is 0 Å². The average Bonchev–Trinajstić information content (AvgIpc) is 3.10. The highest BCUT2D eigenvalue weighted by molar-refractivity contribution is 6.33. The van der Waals surface area contributed by atoms with Gasteiger partial charge in [0.25, 0.3) is 0 Å². The third-order valence-electron chi connectivity index (χ3n) is 5.45. The molecule has 0 bridgehead atoms. The normalized spacial score (nSPS) is 15.4. The van der Waals surface area contributed by atoms with Crippen molar-refractivity contribution in [1.29, 1.82) is 0 Å². The Labute approximate surface area is 197 Å². The molecule has 1 aromatic carbocycles. The molecule has 0 radical (unpaired) electrons. The van der Waals surface area contributed by atoms with Crippen LogP contribution in [0.1, 0.15) is 31.3 Å². The van der Waals surface area contributed by atoms with Crippen LogP contribution in [0.15, 0.2) is 30.5 Å². The Balaban J connectivity index is 1.69. The van der Waals surface area contributed by atoms with Crippen LogP contribution in [0.3, 0.4) is 0 Å². The monoisotopic (exact) mass is 497 g/mol. The Morgan fingerprint density at radius 2 is 1.94 bits per heavy atom. The van der Waals surface area contributed by atoms with Crippen molar-refractivity contribution in [2.75, 3.05) is 6.54 Å². The van der Waals surface area contributed by atoms with E-state index in [4.69, 9.17) is 23.2 Å². The molecule has 0 amide bonds. The van der Waals surface area contributed by atoms with Gasteiger partial charge in [-0.25, -0.2) is 8.78 Å². The van der Waals surface area contributed by atoms with Crippen LogP contribution in [-0.2, 0) is 13.0 Å². The van der Waals surface area contributed by atoms with E-state index in [2.05, 4.69) is 9.97 Å². The first-order valence-corrected chi connectivity index (χ1v) is 10.7. The van der Waals surface area contributed by atoms with Gasteiger partial charge in [0.2, 0.25) is 0 Å². The molecule has 174 valence electrons. The predicted molar refractivity (Wildman–Crippen MR) is 118 cm³/mol. The number of halogens is 4. The fourth-order valence-electron chi connectivity index (χ4n) is 4.10. The maximum atomic E-state index is 13.7. The molecular weight excluding hydrogens is 479 g/mol. The molecule has 3 heterocycles. The number of rotatable bonds is 5. The minimum atomic E-state index is -1.33. The smallest absolute Gasteiger partial charge is 0.383 e. The zero-order valence-electron chi connectivity index (χ0n) is 17.6. The Morgan fingerprint density at radius 3 is 2.55 bits per heavy atom. The van der Waals surface area contributed by atoms with E-state index in [-0.39, 0.29) is 10.3 Å². The lowest BCUT2D eigenvalue weighted by atomic mass is 9.98. The SMILES string of the molecule is CC(C)(O)[C@@H](N1CCc2nc(-c3ccc(F)c(F)c3)c(Cl)cc2C1)n1cc([N+](=O)[O-])nc1Cl. The lowest BCUT2D eigenvalue weighted by Crippen LogP contribution is -2.47. The molecule has 0 unspecified atom stereocenters. The summed E-state index contributed by atoms with van der Waals surface area (Å²) in [7, 11) is 0. The molecule has 0 spiro atoms. The highest BCUT2D eigenvalue weighted by Crippen LogP contribution is 2.36. The zero-order chi connectivity index (χ0) is 24.1. The molecule has 1 N–H and O–H groups in total. The van der Waals surface area contributed by atoms with Gasteiger partial charge in [-0.1, -0.05) is 11.6 Å². The fraction of sp³-hybridized carbons (Fsp3) is 0.333. The van der Waals surface area contributed by atoms with Gasteiger partial charge in [0, 0.05) is 30.8 Å². The molecular formula is C21H19Cl2F2N5O3. The summed E-state index contributed by atoms with van der Waals surface area (Å²) in [5.74, 6) is -2.37. The topological polar surface area (TPSA) is 97.3 Å². The van der Waals surface area contributed by atoms with Crippen LogP contribution in [0.5, 0.6) is 0 Å². The molecule has 0 aliphatic carbocycles. The molecule has 1 aliphatic heterocycles. The fourth-order valence-corrected chi connectivity index (χ4v) is 4.61.